The van der Waals surface area contributed by atoms with E-state index in [4.69, 9.17) is 0 Å². The van der Waals surface area contributed by atoms with Crippen LogP contribution in [0.25, 0.3) is 22.3 Å². The van der Waals surface area contributed by atoms with Crippen LogP contribution in [0.2, 0.25) is 0 Å². The maximum absolute atomic E-state index is 14.5. The Hall–Kier alpha value is -2.75. The molecule has 0 bridgehead atoms. The number of rotatable bonds is 4. The Bertz CT molecular complexity index is 902. The van der Waals surface area contributed by atoms with Gasteiger partial charge in [0, 0.05) is 11.1 Å². The second-order valence-electron chi connectivity index (χ2n) is 5.90. The molecule has 0 atom stereocenters. The molecule has 0 aliphatic carbocycles. The number of aromatic hydroxyl groups is 1. The van der Waals surface area contributed by atoms with Crippen molar-refractivity contribution in [1.29, 1.82) is 0 Å². The zero-order valence-corrected chi connectivity index (χ0v) is 13.7. The van der Waals surface area contributed by atoms with Crippen molar-refractivity contribution in [3.63, 3.8) is 0 Å². The molecule has 128 valence electrons. The van der Waals surface area contributed by atoms with Gasteiger partial charge in [-0.05, 0) is 41.3 Å². The van der Waals surface area contributed by atoms with Crippen LogP contribution in [0, 0.1) is 17.5 Å². The van der Waals surface area contributed by atoms with E-state index in [0.29, 0.717) is 5.56 Å². The molecule has 3 aromatic carbocycles. The van der Waals surface area contributed by atoms with Crippen LogP contribution >= 0.6 is 0 Å². The standard InChI is InChI=1S/C21H17F3O/c1-2-3-13-4-6-14(7-5-13)16-9-8-15(12-18(16)22)17-10-11-19(25)21(24)20(17)23/h4-12,25H,2-3H2,1H3. The summed E-state index contributed by atoms with van der Waals surface area (Å²) >= 11 is 0. The molecule has 0 radical (unpaired) electrons. The third-order valence-electron chi connectivity index (χ3n) is 4.15. The van der Waals surface area contributed by atoms with Crippen molar-refractivity contribution in [2.24, 2.45) is 0 Å². The molecule has 3 aromatic rings. The SMILES string of the molecule is CCCc1ccc(-c2ccc(-c3ccc(O)c(F)c3F)cc2F)cc1. The van der Waals surface area contributed by atoms with E-state index < -0.39 is 23.2 Å². The van der Waals surface area contributed by atoms with E-state index in [-0.39, 0.29) is 11.1 Å². The number of benzene rings is 3. The smallest absolute Gasteiger partial charge is 0.200 e. The highest BCUT2D eigenvalue weighted by Gasteiger charge is 2.15. The molecule has 1 N–H and O–H groups in total. The summed E-state index contributed by atoms with van der Waals surface area (Å²) in [6.45, 7) is 2.09. The van der Waals surface area contributed by atoms with Gasteiger partial charge < -0.3 is 5.11 Å². The molecule has 0 heterocycles. The molecule has 3 rings (SSSR count). The first kappa shape index (κ1) is 17.1. The van der Waals surface area contributed by atoms with Crippen molar-refractivity contribution < 1.29 is 18.3 Å². The zero-order chi connectivity index (χ0) is 18.0. The fourth-order valence-corrected chi connectivity index (χ4v) is 2.82. The Morgan fingerprint density at radius 3 is 2.04 bits per heavy atom. The second-order valence-corrected chi connectivity index (χ2v) is 5.90. The van der Waals surface area contributed by atoms with E-state index in [1.54, 1.807) is 6.07 Å². The fourth-order valence-electron chi connectivity index (χ4n) is 2.82. The normalized spacial score (nSPS) is 10.9. The van der Waals surface area contributed by atoms with Crippen LogP contribution in [0.1, 0.15) is 18.9 Å². The predicted octanol–water partition coefficient (Wildman–Crippen LogP) is 6.10. The molecule has 1 nitrogen and oxygen atoms in total. The Balaban J connectivity index is 1.97. The van der Waals surface area contributed by atoms with Gasteiger partial charge in [0.05, 0.1) is 0 Å². The van der Waals surface area contributed by atoms with E-state index in [9.17, 15) is 18.3 Å². The zero-order valence-electron chi connectivity index (χ0n) is 13.7. The minimum Gasteiger partial charge on any atom is -0.505 e. The Morgan fingerprint density at radius 1 is 0.760 bits per heavy atom. The summed E-state index contributed by atoms with van der Waals surface area (Å²) in [5.74, 6) is -3.83. The molecule has 0 fully saturated rings. The van der Waals surface area contributed by atoms with E-state index >= 15 is 0 Å². The van der Waals surface area contributed by atoms with Gasteiger partial charge in [0.2, 0.25) is 5.82 Å². The molecule has 0 aliphatic rings. The summed E-state index contributed by atoms with van der Waals surface area (Å²) < 4.78 is 42.0. The van der Waals surface area contributed by atoms with E-state index in [1.807, 2.05) is 24.3 Å². The van der Waals surface area contributed by atoms with E-state index in [0.717, 1.165) is 24.5 Å². The summed E-state index contributed by atoms with van der Waals surface area (Å²) in [7, 11) is 0. The lowest BCUT2D eigenvalue weighted by molar-refractivity contribution is 0.408. The summed E-state index contributed by atoms with van der Waals surface area (Å²) in [6, 6.07) is 14.1. The quantitative estimate of drug-likeness (QED) is 0.608. The van der Waals surface area contributed by atoms with Gasteiger partial charge in [-0.2, -0.15) is 4.39 Å². The lowest BCUT2D eigenvalue weighted by Gasteiger charge is -2.09. The van der Waals surface area contributed by atoms with Crippen molar-refractivity contribution in [3.05, 3.63) is 77.6 Å². The van der Waals surface area contributed by atoms with Crippen LogP contribution < -0.4 is 0 Å². The maximum Gasteiger partial charge on any atom is 0.200 e. The van der Waals surface area contributed by atoms with E-state index in [1.165, 1.54) is 23.8 Å². The summed E-state index contributed by atoms with van der Waals surface area (Å²) in [5, 5.41) is 9.19. The van der Waals surface area contributed by atoms with Gasteiger partial charge in [-0.1, -0.05) is 49.7 Å². The van der Waals surface area contributed by atoms with Crippen molar-refractivity contribution >= 4 is 0 Å². The van der Waals surface area contributed by atoms with Crippen LogP contribution in [0.3, 0.4) is 0 Å². The Kier molecular flexibility index (Phi) is 4.79. The Labute approximate surface area is 144 Å². The van der Waals surface area contributed by atoms with E-state index in [2.05, 4.69) is 6.92 Å². The highest BCUT2D eigenvalue weighted by Crippen LogP contribution is 2.32. The molecule has 0 saturated heterocycles. The van der Waals surface area contributed by atoms with Crippen molar-refractivity contribution in [3.8, 4) is 28.0 Å². The first-order chi connectivity index (χ1) is 12.0. The number of aryl methyl sites for hydroxylation is 1. The Morgan fingerprint density at radius 2 is 1.40 bits per heavy atom. The lowest BCUT2D eigenvalue weighted by atomic mass is 9.98. The van der Waals surface area contributed by atoms with Crippen LogP contribution in [0.5, 0.6) is 5.75 Å². The minimum atomic E-state index is -1.34. The predicted molar refractivity (Wildman–Crippen MR) is 92.8 cm³/mol. The number of phenols is 1. The first-order valence-electron chi connectivity index (χ1n) is 8.07. The van der Waals surface area contributed by atoms with Gasteiger partial charge in [-0.3, -0.25) is 0 Å². The van der Waals surface area contributed by atoms with Crippen molar-refractivity contribution in [2.45, 2.75) is 19.8 Å². The summed E-state index contributed by atoms with van der Waals surface area (Å²) in [6.07, 6.45) is 2.00. The largest absolute Gasteiger partial charge is 0.505 e. The average Bonchev–Trinajstić information content (AvgIpc) is 2.61. The van der Waals surface area contributed by atoms with Gasteiger partial charge in [-0.15, -0.1) is 0 Å². The number of hydrogen-bond donors (Lipinski definition) is 1. The summed E-state index contributed by atoms with van der Waals surface area (Å²) in [5.41, 5.74) is 2.41. The molecular formula is C21H17F3O. The highest BCUT2D eigenvalue weighted by atomic mass is 19.2. The molecule has 0 unspecified atom stereocenters. The van der Waals surface area contributed by atoms with Crippen LogP contribution in [-0.4, -0.2) is 5.11 Å². The van der Waals surface area contributed by atoms with Crippen molar-refractivity contribution in [2.75, 3.05) is 0 Å². The molecular weight excluding hydrogens is 325 g/mol. The highest BCUT2D eigenvalue weighted by molar-refractivity contribution is 5.72. The van der Waals surface area contributed by atoms with Gasteiger partial charge in [0.15, 0.2) is 11.6 Å². The topological polar surface area (TPSA) is 20.2 Å². The molecule has 0 aliphatic heterocycles. The molecule has 0 saturated carbocycles. The number of halogens is 3. The van der Waals surface area contributed by atoms with Gasteiger partial charge in [-0.25, -0.2) is 8.78 Å². The molecule has 0 spiro atoms. The second kappa shape index (κ2) is 7.01. The van der Waals surface area contributed by atoms with Gasteiger partial charge in [0.1, 0.15) is 5.82 Å². The minimum absolute atomic E-state index is 0.0981. The molecule has 4 heteroatoms. The van der Waals surface area contributed by atoms with Gasteiger partial charge >= 0.3 is 0 Å². The fraction of sp³-hybridized carbons (Fsp3) is 0.143. The lowest BCUT2D eigenvalue weighted by Crippen LogP contribution is -1.92. The van der Waals surface area contributed by atoms with Crippen LogP contribution in [0.4, 0.5) is 13.2 Å². The van der Waals surface area contributed by atoms with Crippen LogP contribution in [0.15, 0.2) is 54.6 Å². The molecule has 25 heavy (non-hydrogen) atoms. The first-order valence-corrected chi connectivity index (χ1v) is 8.07. The third kappa shape index (κ3) is 3.38. The monoisotopic (exact) mass is 342 g/mol. The van der Waals surface area contributed by atoms with Gasteiger partial charge in [0.25, 0.3) is 0 Å². The summed E-state index contributed by atoms with van der Waals surface area (Å²) in [4.78, 5) is 0. The molecule has 0 aromatic heterocycles. The third-order valence-corrected chi connectivity index (χ3v) is 4.15. The maximum atomic E-state index is 14.5. The average molecular weight is 342 g/mol. The van der Waals surface area contributed by atoms with Crippen molar-refractivity contribution in [1.82, 2.24) is 0 Å². The number of phenolic OH excluding ortho intramolecular Hbond substituents is 1. The number of hydrogen-bond acceptors (Lipinski definition) is 1. The molecule has 0 amide bonds. The van der Waals surface area contributed by atoms with Crippen LogP contribution in [-0.2, 0) is 6.42 Å².